The van der Waals surface area contributed by atoms with Crippen molar-refractivity contribution in [3.05, 3.63) is 97.0 Å². The monoisotopic (exact) mass is 573 g/mol. The van der Waals surface area contributed by atoms with E-state index in [9.17, 15) is 22.4 Å². The van der Waals surface area contributed by atoms with E-state index in [1.165, 1.54) is 12.1 Å². The van der Waals surface area contributed by atoms with Gasteiger partial charge >= 0.3 is 6.18 Å². The number of aromatic nitrogens is 1. The molecule has 0 bridgehead atoms. The molecule has 0 saturated heterocycles. The van der Waals surface area contributed by atoms with Gasteiger partial charge in [-0.3, -0.25) is 4.79 Å². The Morgan fingerprint density at radius 3 is 2.43 bits per heavy atom. The number of nitrogens with zero attached hydrogens (tertiary/aromatic N) is 2. The number of amides is 1. The van der Waals surface area contributed by atoms with Gasteiger partial charge in [0.25, 0.3) is 5.91 Å². The number of nitrogens with one attached hydrogen (secondary N) is 1. The smallest absolute Gasteiger partial charge is 0.384 e. The molecule has 0 fully saturated rings. The van der Waals surface area contributed by atoms with Crippen LogP contribution >= 0.6 is 34.8 Å². The maximum absolute atomic E-state index is 13.8. The fraction of sp³-hybridized carbons (Fsp3) is 0.240. The van der Waals surface area contributed by atoms with Crippen molar-refractivity contribution in [1.82, 2.24) is 10.3 Å². The van der Waals surface area contributed by atoms with E-state index in [0.29, 0.717) is 28.8 Å². The zero-order chi connectivity index (χ0) is 27.1. The average molecular weight is 575 g/mol. The summed E-state index contributed by atoms with van der Waals surface area (Å²) in [6.45, 7) is 3.07. The third-order valence-electron chi connectivity index (χ3n) is 5.96. The van der Waals surface area contributed by atoms with Gasteiger partial charge in [-0.25, -0.2) is 9.37 Å². The fourth-order valence-corrected chi connectivity index (χ4v) is 4.59. The number of alkyl halides is 3. The van der Waals surface area contributed by atoms with Crippen LogP contribution in [0.25, 0.3) is 0 Å². The van der Waals surface area contributed by atoms with E-state index in [1.807, 2.05) is 0 Å². The van der Waals surface area contributed by atoms with Crippen molar-refractivity contribution in [3.8, 4) is 0 Å². The topological polar surface area (TPSA) is 63.6 Å². The zero-order valence-corrected chi connectivity index (χ0v) is 21.6. The summed E-state index contributed by atoms with van der Waals surface area (Å²) in [5, 5.41) is 6.09. The number of hydrogen-bond donors (Lipinski definition) is 1. The van der Waals surface area contributed by atoms with Crippen LogP contribution in [0.15, 0.2) is 47.8 Å². The Labute approximate surface area is 224 Å². The summed E-state index contributed by atoms with van der Waals surface area (Å²) in [7, 11) is 0. The molecule has 37 heavy (non-hydrogen) atoms. The molecule has 0 radical (unpaired) electrons. The highest BCUT2D eigenvalue weighted by molar-refractivity contribution is 6.35. The first-order valence-corrected chi connectivity index (χ1v) is 11.9. The maximum Gasteiger partial charge on any atom is 0.416 e. The van der Waals surface area contributed by atoms with Crippen LogP contribution in [-0.4, -0.2) is 16.6 Å². The lowest BCUT2D eigenvalue weighted by Crippen LogP contribution is -2.25. The second-order valence-electron chi connectivity index (χ2n) is 8.67. The van der Waals surface area contributed by atoms with Gasteiger partial charge in [-0.2, -0.15) is 13.2 Å². The highest BCUT2D eigenvalue weighted by Crippen LogP contribution is 2.39. The molecule has 1 aliphatic heterocycles. The quantitative estimate of drug-likeness (QED) is 0.195. The molecule has 1 atom stereocenters. The summed E-state index contributed by atoms with van der Waals surface area (Å²) in [4.78, 5) is 22.1. The van der Waals surface area contributed by atoms with E-state index in [4.69, 9.17) is 39.6 Å². The first kappa shape index (κ1) is 27.2. The van der Waals surface area contributed by atoms with Gasteiger partial charge in [0.15, 0.2) is 11.4 Å². The number of pyridine rings is 1. The van der Waals surface area contributed by atoms with Crippen molar-refractivity contribution in [3.63, 3.8) is 0 Å². The second kappa shape index (κ2) is 10.1. The van der Waals surface area contributed by atoms with E-state index < -0.39 is 29.1 Å². The number of benzene rings is 2. The largest absolute Gasteiger partial charge is 0.416 e. The molecule has 4 rings (SSSR count). The van der Waals surface area contributed by atoms with E-state index >= 15 is 0 Å². The number of hydrogen-bond acceptors (Lipinski definition) is 4. The Balaban J connectivity index is 1.48. The Bertz CT molecular complexity index is 1410. The SMILES string of the molecule is Cc1cc(C2=NOC(C)(c3cc(Cl)c(F)c(Cl)c3)C2)ccc1C(=O)NCc1cnc(Cl)cc1C(F)(F)F. The number of aryl methyl sites for hydroxylation is 1. The Morgan fingerprint density at radius 2 is 1.81 bits per heavy atom. The fourth-order valence-electron chi connectivity index (χ4n) is 3.94. The number of carbonyl (C=O) groups excluding carboxylic acids is 1. The number of oxime groups is 1. The van der Waals surface area contributed by atoms with Crippen molar-refractivity contribution in [1.29, 1.82) is 0 Å². The van der Waals surface area contributed by atoms with Gasteiger partial charge in [-0.1, -0.05) is 46.0 Å². The number of rotatable bonds is 5. The van der Waals surface area contributed by atoms with Crippen LogP contribution in [-0.2, 0) is 23.2 Å². The highest BCUT2D eigenvalue weighted by Gasteiger charge is 2.38. The molecule has 2 heterocycles. The molecule has 2 aromatic carbocycles. The summed E-state index contributed by atoms with van der Waals surface area (Å²) in [6.07, 6.45) is -3.34. The Hall–Kier alpha value is -2.88. The molecule has 1 aliphatic rings. The van der Waals surface area contributed by atoms with Crippen molar-refractivity contribution in [2.45, 2.75) is 38.6 Å². The molecule has 3 aromatic rings. The summed E-state index contributed by atoms with van der Waals surface area (Å²) in [5.41, 5.74) is 0.536. The van der Waals surface area contributed by atoms with Crippen molar-refractivity contribution >= 4 is 46.4 Å². The van der Waals surface area contributed by atoms with Gasteiger partial charge < -0.3 is 10.2 Å². The van der Waals surface area contributed by atoms with E-state index in [-0.39, 0.29) is 32.9 Å². The minimum atomic E-state index is -4.65. The second-order valence-corrected chi connectivity index (χ2v) is 9.87. The third-order valence-corrected chi connectivity index (χ3v) is 6.72. The zero-order valence-electron chi connectivity index (χ0n) is 19.3. The van der Waals surface area contributed by atoms with Crippen molar-refractivity contribution < 1.29 is 27.2 Å². The van der Waals surface area contributed by atoms with Crippen LogP contribution < -0.4 is 5.32 Å². The van der Waals surface area contributed by atoms with Gasteiger partial charge in [0.05, 0.1) is 21.3 Å². The first-order valence-electron chi connectivity index (χ1n) is 10.8. The van der Waals surface area contributed by atoms with E-state index in [1.54, 1.807) is 32.0 Å². The van der Waals surface area contributed by atoms with E-state index in [2.05, 4.69) is 15.5 Å². The Morgan fingerprint density at radius 1 is 1.14 bits per heavy atom. The molecule has 0 saturated carbocycles. The van der Waals surface area contributed by atoms with Crippen LogP contribution in [0, 0.1) is 12.7 Å². The minimum absolute atomic E-state index is 0.135. The molecule has 0 aliphatic carbocycles. The van der Waals surface area contributed by atoms with Gasteiger partial charge in [-0.15, -0.1) is 0 Å². The molecular weight excluding hydrogens is 557 g/mol. The maximum atomic E-state index is 13.8. The predicted molar refractivity (Wildman–Crippen MR) is 133 cm³/mol. The summed E-state index contributed by atoms with van der Waals surface area (Å²) in [6, 6.07) is 8.51. The molecule has 0 spiro atoms. The first-order chi connectivity index (χ1) is 17.3. The van der Waals surface area contributed by atoms with Gasteiger partial charge in [0.2, 0.25) is 0 Å². The normalized spacial score (nSPS) is 17.4. The molecule has 5 nitrogen and oxygen atoms in total. The minimum Gasteiger partial charge on any atom is -0.384 e. The lowest BCUT2D eigenvalue weighted by Gasteiger charge is -2.22. The molecule has 1 amide bonds. The van der Waals surface area contributed by atoms with Crippen LogP contribution in [0.3, 0.4) is 0 Å². The van der Waals surface area contributed by atoms with Gasteiger partial charge in [0.1, 0.15) is 5.15 Å². The standard InChI is InChI=1S/C25H18Cl3F4N3O2/c1-12-5-13(20-9-24(2,37-35-20)15-6-18(26)22(29)19(27)7-15)3-4-16(12)23(36)34-11-14-10-33-21(28)8-17(14)25(30,31)32/h3-8,10H,9,11H2,1-2H3,(H,34,36). The average Bonchev–Trinajstić information content (AvgIpc) is 3.24. The molecule has 1 unspecified atom stereocenters. The predicted octanol–water partition coefficient (Wildman–Crippen LogP) is 7.48. The van der Waals surface area contributed by atoms with Crippen LogP contribution in [0.4, 0.5) is 17.6 Å². The van der Waals surface area contributed by atoms with Crippen molar-refractivity contribution in [2.24, 2.45) is 5.16 Å². The van der Waals surface area contributed by atoms with Crippen LogP contribution in [0.5, 0.6) is 0 Å². The highest BCUT2D eigenvalue weighted by atomic mass is 35.5. The molecule has 12 heteroatoms. The molecule has 194 valence electrons. The molecule has 1 N–H and O–H groups in total. The lowest BCUT2D eigenvalue weighted by atomic mass is 9.88. The lowest BCUT2D eigenvalue weighted by molar-refractivity contribution is -0.138. The summed E-state index contributed by atoms with van der Waals surface area (Å²) >= 11 is 17.5. The number of halogens is 7. The van der Waals surface area contributed by atoms with Gasteiger partial charge in [0, 0.05) is 35.9 Å². The molecule has 1 aromatic heterocycles. The summed E-state index contributed by atoms with van der Waals surface area (Å²) in [5.74, 6) is -1.28. The van der Waals surface area contributed by atoms with Crippen molar-refractivity contribution in [2.75, 3.05) is 0 Å². The van der Waals surface area contributed by atoms with Gasteiger partial charge in [-0.05, 0) is 55.3 Å². The van der Waals surface area contributed by atoms with E-state index in [0.717, 1.165) is 12.3 Å². The Kier molecular flexibility index (Phi) is 7.43. The molecular formula is C25H18Cl3F4N3O2. The third kappa shape index (κ3) is 5.68. The summed E-state index contributed by atoms with van der Waals surface area (Å²) < 4.78 is 53.7. The van der Waals surface area contributed by atoms with Crippen LogP contribution in [0.1, 0.15) is 51.5 Å². The van der Waals surface area contributed by atoms with Crippen LogP contribution in [0.2, 0.25) is 15.2 Å². The number of carbonyl (C=O) groups is 1.